The van der Waals surface area contributed by atoms with Crippen molar-refractivity contribution in [2.45, 2.75) is 46.0 Å². The Kier molecular flexibility index (Phi) is 6.20. The first-order valence-electron chi connectivity index (χ1n) is 6.80. The van der Waals surface area contributed by atoms with Crippen molar-refractivity contribution in [2.75, 3.05) is 0 Å². The summed E-state index contributed by atoms with van der Waals surface area (Å²) in [6.45, 7) is 4.00. The molecular formula is C16H22O2. The Morgan fingerprint density at radius 3 is 2.06 bits per heavy atom. The fourth-order valence-electron chi connectivity index (χ4n) is 2.31. The molecule has 2 rings (SSSR count). The van der Waals surface area contributed by atoms with Crippen LogP contribution in [0.4, 0.5) is 0 Å². The first kappa shape index (κ1) is 14.5. The molecule has 1 fully saturated rings. The smallest absolute Gasteiger partial charge is 0.336 e. The van der Waals surface area contributed by atoms with E-state index in [1.165, 1.54) is 6.42 Å². The fraction of sp³-hybridized carbons (Fsp3) is 0.438. The molecule has 0 radical (unpaired) electrons. The van der Waals surface area contributed by atoms with Crippen molar-refractivity contribution in [2.24, 2.45) is 0 Å². The standard InChI is InChI=1S/C14H16O2.C2H6/c15-14(16)13(11-7-3-1-4-8-11)12-9-5-2-6-10-12;1-2/h1,3-4,7-8H,2,5-6,9-10H2,(H,15,16);1-2H3. The summed E-state index contributed by atoms with van der Waals surface area (Å²) < 4.78 is 0. The molecule has 0 bridgehead atoms. The van der Waals surface area contributed by atoms with Crippen LogP contribution in [0, 0.1) is 0 Å². The van der Waals surface area contributed by atoms with Gasteiger partial charge in [0, 0.05) is 0 Å². The molecule has 0 spiro atoms. The maximum atomic E-state index is 11.3. The number of carboxylic acids is 1. The molecule has 0 saturated heterocycles. The van der Waals surface area contributed by atoms with Crippen molar-refractivity contribution < 1.29 is 9.90 Å². The van der Waals surface area contributed by atoms with Crippen LogP contribution in [0.25, 0.3) is 5.57 Å². The molecule has 1 aromatic carbocycles. The number of benzene rings is 1. The topological polar surface area (TPSA) is 37.3 Å². The predicted molar refractivity (Wildman–Crippen MR) is 75.4 cm³/mol. The molecule has 2 nitrogen and oxygen atoms in total. The molecule has 1 aliphatic rings. The van der Waals surface area contributed by atoms with Gasteiger partial charge in [-0.2, -0.15) is 0 Å². The predicted octanol–water partition coefficient (Wildman–Crippen LogP) is 4.52. The van der Waals surface area contributed by atoms with E-state index in [2.05, 4.69) is 0 Å². The highest BCUT2D eigenvalue weighted by Gasteiger charge is 2.18. The second-order valence-electron chi connectivity index (χ2n) is 4.21. The molecule has 2 heteroatoms. The molecule has 1 saturated carbocycles. The van der Waals surface area contributed by atoms with Gasteiger partial charge in [-0.25, -0.2) is 4.79 Å². The number of hydrogen-bond donors (Lipinski definition) is 1. The maximum absolute atomic E-state index is 11.3. The van der Waals surface area contributed by atoms with Crippen molar-refractivity contribution in [1.82, 2.24) is 0 Å². The lowest BCUT2D eigenvalue weighted by atomic mass is 9.88. The van der Waals surface area contributed by atoms with Gasteiger partial charge in [0.2, 0.25) is 0 Å². The van der Waals surface area contributed by atoms with Crippen LogP contribution in [0.2, 0.25) is 0 Å². The van der Waals surface area contributed by atoms with Gasteiger partial charge in [0.1, 0.15) is 0 Å². The van der Waals surface area contributed by atoms with Crippen LogP contribution in [-0.2, 0) is 4.79 Å². The van der Waals surface area contributed by atoms with Crippen LogP contribution in [0.5, 0.6) is 0 Å². The SMILES string of the molecule is CC.O=C(O)C(=C1CCCCC1)c1ccccc1. The summed E-state index contributed by atoms with van der Waals surface area (Å²) in [5, 5.41) is 9.32. The first-order chi connectivity index (χ1) is 8.79. The van der Waals surface area contributed by atoms with Crippen molar-refractivity contribution >= 4 is 11.5 Å². The molecule has 98 valence electrons. The minimum atomic E-state index is -0.789. The number of carbonyl (C=O) groups is 1. The number of carboxylic acid groups (broad SMARTS) is 1. The van der Waals surface area contributed by atoms with Crippen molar-refractivity contribution in [3.63, 3.8) is 0 Å². The minimum Gasteiger partial charge on any atom is -0.478 e. The van der Waals surface area contributed by atoms with Gasteiger partial charge in [0.15, 0.2) is 0 Å². The number of rotatable bonds is 2. The first-order valence-corrected chi connectivity index (χ1v) is 6.80. The van der Waals surface area contributed by atoms with Crippen LogP contribution in [0.15, 0.2) is 35.9 Å². The van der Waals surface area contributed by atoms with Gasteiger partial charge >= 0.3 is 5.97 Å². The third kappa shape index (κ3) is 3.73. The largest absolute Gasteiger partial charge is 0.478 e. The highest BCUT2D eigenvalue weighted by Crippen LogP contribution is 2.30. The zero-order valence-corrected chi connectivity index (χ0v) is 11.3. The summed E-state index contributed by atoms with van der Waals surface area (Å²) in [5.41, 5.74) is 2.48. The molecule has 0 heterocycles. The normalized spacial score (nSPS) is 14.4. The van der Waals surface area contributed by atoms with Gasteiger partial charge in [-0.15, -0.1) is 0 Å². The Morgan fingerprint density at radius 2 is 1.56 bits per heavy atom. The number of allylic oxidation sites excluding steroid dienone is 1. The van der Waals surface area contributed by atoms with E-state index < -0.39 is 5.97 Å². The fourth-order valence-corrected chi connectivity index (χ4v) is 2.31. The Labute approximate surface area is 109 Å². The van der Waals surface area contributed by atoms with Gasteiger partial charge in [-0.1, -0.05) is 56.2 Å². The third-order valence-corrected chi connectivity index (χ3v) is 3.09. The zero-order chi connectivity index (χ0) is 13.4. The summed E-state index contributed by atoms with van der Waals surface area (Å²) in [6.07, 6.45) is 5.36. The van der Waals surface area contributed by atoms with E-state index in [0.717, 1.165) is 36.8 Å². The van der Waals surface area contributed by atoms with Crippen LogP contribution in [0.1, 0.15) is 51.5 Å². The lowest BCUT2D eigenvalue weighted by molar-refractivity contribution is -0.130. The minimum absolute atomic E-state index is 0.528. The molecule has 1 aromatic rings. The van der Waals surface area contributed by atoms with Crippen molar-refractivity contribution in [1.29, 1.82) is 0 Å². The molecule has 0 aromatic heterocycles. The Morgan fingerprint density at radius 1 is 1.00 bits per heavy atom. The van der Waals surface area contributed by atoms with E-state index in [4.69, 9.17) is 0 Å². The van der Waals surface area contributed by atoms with E-state index in [9.17, 15) is 9.90 Å². The van der Waals surface area contributed by atoms with Gasteiger partial charge in [0.25, 0.3) is 0 Å². The van der Waals surface area contributed by atoms with Crippen molar-refractivity contribution in [3.05, 3.63) is 41.5 Å². The lowest BCUT2D eigenvalue weighted by Gasteiger charge is -2.17. The molecule has 0 amide bonds. The molecule has 0 unspecified atom stereocenters. The highest BCUT2D eigenvalue weighted by atomic mass is 16.4. The second-order valence-corrected chi connectivity index (χ2v) is 4.21. The summed E-state index contributed by atoms with van der Waals surface area (Å²) in [6, 6.07) is 9.45. The molecule has 18 heavy (non-hydrogen) atoms. The van der Waals surface area contributed by atoms with Gasteiger partial charge in [0.05, 0.1) is 5.57 Å². The van der Waals surface area contributed by atoms with E-state index in [1.807, 2.05) is 44.2 Å². The monoisotopic (exact) mass is 246 g/mol. The molecule has 1 N–H and O–H groups in total. The van der Waals surface area contributed by atoms with E-state index in [1.54, 1.807) is 0 Å². The van der Waals surface area contributed by atoms with Gasteiger partial charge in [-0.3, -0.25) is 0 Å². The molecule has 0 atom stereocenters. The second kappa shape index (κ2) is 7.70. The van der Waals surface area contributed by atoms with E-state index in [0.29, 0.717) is 5.57 Å². The van der Waals surface area contributed by atoms with Crippen LogP contribution in [0.3, 0.4) is 0 Å². The molecular weight excluding hydrogens is 224 g/mol. The third-order valence-electron chi connectivity index (χ3n) is 3.09. The average molecular weight is 246 g/mol. The summed E-state index contributed by atoms with van der Waals surface area (Å²) in [5.74, 6) is -0.789. The van der Waals surface area contributed by atoms with Crippen LogP contribution in [-0.4, -0.2) is 11.1 Å². The average Bonchev–Trinajstić information content (AvgIpc) is 2.43. The molecule has 1 aliphatic carbocycles. The van der Waals surface area contributed by atoms with E-state index in [-0.39, 0.29) is 0 Å². The maximum Gasteiger partial charge on any atom is 0.336 e. The highest BCUT2D eigenvalue weighted by molar-refractivity contribution is 6.16. The van der Waals surface area contributed by atoms with Gasteiger partial charge < -0.3 is 5.11 Å². The summed E-state index contributed by atoms with van der Waals surface area (Å²) in [4.78, 5) is 11.3. The zero-order valence-electron chi connectivity index (χ0n) is 11.3. The lowest BCUT2D eigenvalue weighted by Crippen LogP contribution is -2.06. The number of aliphatic carboxylic acids is 1. The summed E-state index contributed by atoms with van der Waals surface area (Å²) in [7, 11) is 0. The van der Waals surface area contributed by atoms with Crippen LogP contribution < -0.4 is 0 Å². The Balaban J connectivity index is 0.000000771. The Hall–Kier alpha value is -1.57. The van der Waals surface area contributed by atoms with E-state index >= 15 is 0 Å². The quantitative estimate of drug-likeness (QED) is 0.779. The van der Waals surface area contributed by atoms with Crippen molar-refractivity contribution in [3.8, 4) is 0 Å². The van der Waals surface area contributed by atoms with Crippen LogP contribution >= 0.6 is 0 Å². The number of hydrogen-bond acceptors (Lipinski definition) is 1. The van der Waals surface area contributed by atoms with Gasteiger partial charge in [-0.05, 0) is 31.2 Å². The Bertz CT molecular complexity index is 396. The summed E-state index contributed by atoms with van der Waals surface area (Å²) >= 11 is 0. The molecule has 0 aliphatic heterocycles.